The number of rotatable bonds is 7. The van der Waals surface area contributed by atoms with Crippen LogP contribution in [0.15, 0.2) is 71.8 Å². The maximum absolute atomic E-state index is 4.50. The summed E-state index contributed by atoms with van der Waals surface area (Å²) in [5.41, 5.74) is 14.1. The third kappa shape index (κ3) is 4.92. The molecule has 0 atom stereocenters. The molecule has 176 valence electrons. The van der Waals surface area contributed by atoms with Gasteiger partial charge in [-0.1, -0.05) is 93.8 Å². The minimum atomic E-state index is 0.941. The van der Waals surface area contributed by atoms with Gasteiger partial charge in [-0.05, 0) is 113 Å². The van der Waals surface area contributed by atoms with E-state index in [0.29, 0.717) is 0 Å². The van der Waals surface area contributed by atoms with Gasteiger partial charge < -0.3 is 0 Å². The SMILES string of the molecule is C=C(CC1=CCC=C1C1=Cc2cc(CCC3CCC(C)CC3)ccc2C1)c1c(C)cccc1C. The summed E-state index contributed by atoms with van der Waals surface area (Å²) in [6, 6.07) is 13.8. The van der Waals surface area contributed by atoms with E-state index in [1.807, 2.05) is 0 Å². The van der Waals surface area contributed by atoms with Crippen LogP contribution in [0.1, 0.15) is 85.3 Å². The lowest BCUT2D eigenvalue weighted by Crippen LogP contribution is -2.12. The number of hydrogen-bond donors (Lipinski definition) is 0. The molecule has 0 nitrogen and oxygen atoms in total. The molecule has 0 spiro atoms. The normalized spacial score (nSPS) is 21.7. The molecular formula is C34H40. The van der Waals surface area contributed by atoms with E-state index in [9.17, 15) is 0 Å². The van der Waals surface area contributed by atoms with Crippen LogP contribution in [0.4, 0.5) is 0 Å². The average Bonchev–Trinajstić information content (AvgIpc) is 3.44. The summed E-state index contributed by atoms with van der Waals surface area (Å²) in [4.78, 5) is 0. The fourth-order valence-corrected chi connectivity index (χ4v) is 6.46. The topological polar surface area (TPSA) is 0 Å². The largest absolute Gasteiger partial charge is 0.0949 e. The average molecular weight is 449 g/mol. The lowest BCUT2D eigenvalue weighted by atomic mass is 9.80. The van der Waals surface area contributed by atoms with Crippen molar-refractivity contribution in [3.05, 3.63) is 105 Å². The van der Waals surface area contributed by atoms with Crippen molar-refractivity contribution in [3.63, 3.8) is 0 Å². The van der Waals surface area contributed by atoms with Crippen molar-refractivity contribution < 1.29 is 0 Å². The van der Waals surface area contributed by atoms with Gasteiger partial charge in [-0.2, -0.15) is 0 Å². The molecule has 3 aliphatic rings. The molecule has 0 saturated heterocycles. The highest BCUT2D eigenvalue weighted by Crippen LogP contribution is 2.40. The molecule has 1 saturated carbocycles. The second kappa shape index (κ2) is 9.95. The maximum Gasteiger partial charge on any atom is -0.00137 e. The van der Waals surface area contributed by atoms with Gasteiger partial charge in [0.15, 0.2) is 0 Å². The second-order valence-corrected chi connectivity index (χ2v) is 11.2. The Morgan fingerprint density at radius 2 is 1.74 bits per heavy atom. The summed E-state index contributed by atoms with van der Waals surface area (Å²) in [6.07, 6.45) is 18.7. The van der Waals surface area contributed by atoms with Gasteiger partial charge in [-0.3, -0.25) is 0 Å². The molecule has 1 fully saturated rings. The van der Waals surface area contributed by atoms with Gasteiger partial charge in [-0.25, -0.2) is 0 Å². The molecule has 3 aliphatic carbocycles. The van der Waals surface area contributed by atoms with Crippen molar-refractivity contribution in [2.45, 2.75) is 78.6 Å². The minimum Gasteiger partial charge on any atom is -0.0949 e. The molecule has 0 radical (unpaired) electrons. The molecule has 34 heavy (non-hydrogen) atoms. The van der Waals surface area contributed by atoms with E-state index in [1.165, 1.54) is 94.2 Å². The Kier molecular flexibility index (Phi) is 6.77. The monoisotopic (exact) mass is 448 g/mol. The van der Waals surface area contributed by atoms with Crippen molar-refractivity contribution in [3.8, 4) is 0 Å². The van der Waals surface area contributed by atoms with E-state index in [2.05, 4.69) is 82.0 Å². The highest BCUT2D eigenvalue weighted by molar-refractivity contribution is 5.76. The summed E-state index contributed by atoms with van der Waals surface area (Å²) >= 11 is 0. The van der Waals surface area contributed by atoms with Crippen molar-refractivity contribution in [1.82, 2.24) is 0 Å². The Balaban J connectivity index is 1.25. The third-order valence-corrected chi connectivity index (χ3v) is 8.51. The molecule has 0 N–H and O–H groups in total. The van der Waals surface area contributed by atoms with Crippen molar-refractivity contribution in [1.29, 1.82) is 0 Å². The first-order valence-electron chi connectivity index (χ1n) is 13.4. The van der Waals surface area contributed by atoms with Crippen LogP contribution >= 0.6 is 0 Å². The second-order valence-electron chi connectivity index (χ2n) is 11.2. The molecule has 0 unspecified atom stereocenters. The summed E-state index contributed by atoms with van der Waals surface area (Å²) < 4.78 is 0. The molecule has 2 aromatic rings. The zero-order chi connectivity index (χ0) is 23.7. The van der Waals surface area contributed by atoms with Gasteiger partial charge in [0.25, 0.3) is 0 Å². The van der Waals surface area contributed by atoms with Crippen LogP contribution in [0.3, 0.4) is 0 Å². The van der Waals surface area contributed by atoms with Crippen LogP contribution in [0.5, 0.6) is 0 Å². The van der Waals surface area contributed by atoms with Gasteiger partial charge in [0.05, 0.1) is 0 Å². The predicted molar refractivity (Wildman–Crippen MR) is 148 cm³/mol. The van der Waals surface area contributed by atoms with Gasteiger partial charge in [0.2, 0.25) is 0 Å². The van der Waals surface area contributed by atoms with Gasteiger partial charge in [0.1, 0.15) is 0 Å². The molecule has 0 aromatic heterocycles. The van der Waals surface area contributed by atoms with Gasteiger partial charge in [-0.15, -0.1) is 0 Å². The van der Waals surface area contributed by atoms with Gasteiger partial charge in [0, 0.05) is 0 Å². The Morgan fingerprint density at radius 3 is 2.50 bits per heavy atom. The smallest absolute Gasteiger partial charge is 0.00137 e. The Labute approximate surface area is 207 Å². The third-order valence-electron chi connectivity index (χ3n) is 8.51. The molecule has 0 heteroatoms. The minimum absolute atomic E-state index is 0.941. The number of allylic oxidation sites excluding steroid dienone is 6. The number of benzene rings is 2. The highest BCUT2D eigenvalue weighted by Gasteiger charge is 2.22. The molecule has 0 heterocycles. The van der Waals surface area contributed by atoms with Crippen LogP contribution in [0.25, 0.3) is 11.6 Å². The van der Waals surface area contributed by atoms with E-state index < -0.39 is 0 Å². The van der Waals surface area contributed by atoms with Crippen LogP contribution in [-0.2, 0) is 12.8 Å². The molecule has 5 rings (SSSR count). The van der Waals surface area contributed by atoms with Crippen LogP contribution in [-0.4, -0.2) is 0 Å². The quantitative estimate of drug-likeness (QED) is 0.396. The van der Waals surface area contributed by atoms with Crippen molar-refractivity contribution >= 4 is 11.6 Å². The zero-order valence-electron chi connectivity index (χ0n) is 21.4. The van der Waals surface area contributed by atoms with Crippen LogP contribution < -0.4 is 0 Å². The first-order chi connectivity index (χ1) is 16.5. The highest BCUT2D eigenvalue weighted by atomic mass is 14.3. The van der Waals surface area contributed by atoms with E-state index in [-0.39, 0.29) is 0 Å². The summed E-state index contributed by atoms with van der Waals surface area (Å²) in [6.45, 7) is 11.3. The molecule has 2 aromatic carbocycles. The fourth-order valence-electron chi connectivity index (χ4n) is 6.46. The zero-order valence-corrected chi connectivity index (χ0v) is 21.4. The summed E-state index contributed by atoms with van der Waals surface area (Å²) in [5, 5.41) is 0. The Hall–Kier alpha value is -2.60. The van der Waals surface area contributed by atoms with E-state index in [0.717, 1.165) is 31.1 Å². The summed E-state index contributed by atoms with van der Waals surface area (Å²) in [5.74, 6) is 1.89. The predicted octanol–water partition coefficient (Wildman–Crippen LogP) is 9.36. The number of hydrogen-bond acceptors (Lipinski definition) is 0. The first kappa shape index (κ1) is 23.2. The lowest BCUT2D eigenvalue weighted by molar-refractivity contribution is 0.278. The van der Waals surface area contributed by atoms with E-state index in [1.54, 1.807) is 0 Å². The standard InChI is InChI=1S/C34H40/c1-23-11-13-27(14-12-23)15-16-28-17-18-29-21-32(22-31(29)20-28)33-10-6-9-30(33)19-26(4)34-24(2)7-5-8-25(34)3/h5,7-10,17-18,20,22-23,27H,4,6,11-16,19,21H2,1-3H3. The van der Waals surface area contributed by atoms with Crippen molar-refractivity contribution in [2.75, 3.05) is 0 Å². The number of aryl methyl sites for hydroxylation is 3. The van der Waals surface area contributed by atoms with E-state index >= 15 is 0 Å². The maximum atomic E-state index is 4.50. The van der Waals surface area contributed by atoms with Crippen LogP contribution in [0, 0.1) is 25.7 Å². The van der Waals surface area contributed by atoms with Crippen molar-refractivity contribution in [2.24, 2.45) is 11.8 Å². The lowest BCUT2D eigenvalue weighted by Gasteiger charge is -2.26. The Bertz CT molecular complexity index is 1150. The Morgan fingerprint density at radius 1 is 0.971 bits per heavy atom. The molecule has 0 amide bonds. The van der Waals surface area contributed by atoms with Gasteiger partial charge >= 0.3 is 0 Å². The van der Waals surface area contributed by atoms with E-state index in [4.69, 9.17) is 0 Å². The number of fused-ring (bicyclic) bond motifs is 1. The summed E-state index contributed by atoms with van der Waals surface area (Å²) in [7, 11) is 0. The molecule has 0 aliphatic heterocycles. The fraction of sp³-hybridized carbons (Fsp3) is 0.412. The van der Waals surface area contributed by atoms with Crippen LogP contribution in [0.2, 0.25) is 0 Å². The first-order valence-corrected chi connectivity index (χ1v) is 13.4. The molecule has 0 bridgehead atoms. The molecular weight excluding hydrogens is 408 g/mol.